The van der Waals surface area contributed by atoms with E-state index in [-0.39, 0.29) is 6.04 Å². The van der Waals surface area contributed by atoms with E-state index < -0.39 is 0 Å². The van der Waals surface area contributed by atoms with Gasteiger partial charge in [-0.15, -0.1) is 0 Å². The molecule has 0 amide bonds. The van der Waals surface area contributed by atoms with Crippen molar-refractivity contribution in [2.24, 2.45) is 4.99 Å². The van der Waals surface area contributed by atoms with E-state index in [1.807, 2.05) is 25.2 Å². The molecule has 4 heteroatoms. The van der Waals surface area contributed by atoms with E-state index in [9.17, 15) is 0 Å². The standard InChI is InChI=1S/C10H12N4/c1-8(14-9(2)13-7-11)10-4-3-5-12-6-10/h3-6,8H,1-2H3,(H,13,14). The average molecular weight is 188 g/mol. The molecule has 0 fully saturated rings. The summed E-state index contributed by atoms with van der Waals surface area (Å²) in [6, 6.07) is 3.85. The van der Waals surface area contributed by atoms with E-state index in [2.05, 4.69) is 15.3 Å². The predicted molar refractivity (Wildman–Crippen MR) is 54.5 cm³/mol. The first kappa shape index (κ1) is 10.2. The Morgan fingerprint density at radius 2 is 2.50 bits per heavy atom. The van der Waals surface area contributed by atoms with Crippen molar-refractivity contribution in [3.8, 4) is 6.19 Å². The van der Waals surface area contributed by atoms with Gasteiger partial charge < -0.3 is 0 Å². The Bertz CT molecular complexity index is 350. The van der Waals surface area contributed by atoms with Crippen molar-refractivity contribution < 1.29 is 0 Å². The van der Waals surface area contributed by atoms with Crippen LogP contribution in [0.15, 0.2) is 29.5 Å². The molecule has 0 aromatic carbocycles. The van der Waals surface area contributed by atoms with Crippen LogP contribution in [0.5, 0.6) is 0 Å². The van der Waals surface area contributed by atoms with E-state index >= 15 is 0 Å². The third-order valence-corrected chi connectivity index (χ3v) is 1.79. The van der Waals surface area contributed by atoms with Crippen LogP contribution in [0.2, 0.25) is 0 Å². The lowest BCUT2D eigenvalue weighted by molar-refractivity contribution is 0.806. The van der Waals surface area contributed by atoms with Crippen molar-refractivity contribution in [1.29, 1.82) is 5.26 Å². The lowest BCUT2D eigenvalue weighted by Gasteiger charge is -2.06. The van der Waals surface area contributed by atoms with E-state index in [1.165, 1.54) is 0 Å². The van der Waals surface area contributed by atoms with Crippen LogP contribution < -0.4 is 5.32 Å². The maximum Gasteiger partial charge on any atom is 0.182 e. The first-order chi connectivity index (χ1) is 6.74. The Labute approximate surface area is 83.3 Å². The van der Waals surface area contributed by atoms with Gasteiger partial charge in [-0.2, -0.15) is 5.26 Å². The molecule has 1 N–H and O–H groups in total. The summed E-state index contributed by atoms with van der Waals surface area (Å²) in [6.45, 7) is 3.72. The van der Waals surface area contributed by atoms with Gasteiger partial charge in [0.1, 0.15) is 5.84 Å². The second kappa shape index (κ2) is 4.97. The van der Waals surface area contributed by atoms with E-state index in [0.29, 0.717) is 5.84 Å². The summed E-state index contributed by atoms with van der Waals surface area (Å²) in [6.07, 6.45) is 5.32. The zero-order chi connectivity index (χ0) is 10.4. The Morgan fingerprint density at radius 1 is 1.71 bits per heavy atom. The summed E-state index contributed by atoms with van der Waals surface area (Å²) >= 11 is 0. The third kappa shape index (κ3) is 2.87. The molecule has 0 saturated carbocycles. The van der Waals surface area contributed by atoms with Crippen molar-refractivity contribution in [2.75, 3.05) is 0 Å². The fourth-order valence-corrected chi connectivity index (χ4v) is 1.10. The minimum atomic E-state index is 0.0181. The van der Waals surface area contributed by atoms with Crippen molar-refractivity contribution in [3.63, 3.8) is 0 Å². The number of aromatic nitrogens is 1. The van der Waals surface area contributed by atoms with Gasteiger partial charge in [-0.3, -0.25) is 15.3 Å². The number of rotatable bonds is 2. The Balaban J connectivity index is 2.73. The van der Waals surface area contributed by atoms with Crippen LogP contribution in [-0.2, 0) is 0 Å². The minimum Gasteiger partial charge on any atom is -0.281 e. The van der Waals surface area contributed by atoms with Crippen LogP contribution >= 0.6 is 0 Å². The summed E-state index contributed by atoms with van der Waals surface area (Å²) in [4.78, 5) is 8.28. The molecule has 0 aliphatic rings. The van der Waals surface area contributed by atoms with Gasteiger partial charge in [0.05, 0.1) is 6.04 Å². The highest BCUT2D eigenvalue weighted by atomic mass is 15.0. The highest BCUT2D eigenvalue weighted by molar-refractivity contribution is 5.81. The number of hydrogen-bond acceptors (Lipinski definition) is 3. The van der Waals surface area contributed by atoms with E-state index in [0.717, 1.165) is 5.56 Å². The molecule has 14 heavy (non-hydrogen) atoms. The van der Waals surface area contributed by atoms with Gasteiger partial charge in [-0.1, -0.05) is 6.07 Å². The topological polar surface area (TPSA) is 61.1 Å². The van der Waals surface area contributed by atoms with E-state index in [1.54, 1.807) is 19.3 Å². The highest BCUT2D eigenvalue weighted by Gasteiger charge is 2.02. The largest absolute Gasteiger partial charge is 0.281 e. The molecule has 72 valence electrons. The molecule has 0 aliphatic carbocycles. The van der Waals surface area contributed by atoms with Crippen LogP contribution in [-0.4, -0.2) is 10.8 Å². The van der Waals surface area contributed by atoms with Crippen molar-refractivity contribution >= 4 is 5.84 Å². The second-order valence-corrected chi connectivity index (χ2v) is 2.91. The molecule has 0 aliphatic heterocycles. The molecule has 1 heterocycles. The van der Waals surface area contributed by atoms with Crippen LogP contribution in [0, 0.1) is 11.5 Å². The summed E-state index contributed by atoms with van der Waals surface area (Å²) in [5.41, 5.74) is 1.03. The zero-order valence-corrected chi connectivity index (χ0v) is 8.23. The lowest BCUT2D eigenvalue weighted by Crippen LogP contribution is -2.14. The Hall–Kier alpha value is -1.89. The van der Waals surface area contributed by atoms with Crippen molar-refractivity contribution in [3.05, 3.63) is 30.1 Å². The number of hydrogen-bond donors (Lipinski definition) is 1. The van der Waals surface area contributed by atoms with E-state index in [4.69, 9.17) is 5.26 Å². The fourth-order valence-electron chi connectivity index (χ4n) is 1.10. The summed E-state index contributed by atoms with van der Waals surface area (Å²) in [5, 5.41) is 10.8. The zero-order valence-electron chi connectivity index (χ0n) is 8.23. The number of nitriles is 1. The lowest BCUT2D eigenvalue weighted by atomic mass is 10.1. The van der Waals surface area contributed by atoms with Gasteiger partial charge in [-0.05, 0) is 25.5 Å². The highest BCUT2D eigenvalue weighted by Crippen LogP contribution is 2.14. The molecule has 1 rings (SSSR count). The number of amidine groups is 1. The average Bonchev–Trinajstić information content (AvgIpc) is 2.19. The van der Waals surface area contributed by atoms with Crippen molar-refractivity contribution in [2.45, 2.75) is 19.9 Å². The van der Waals surface area contributed by atoms with Crippen LogP contribution in [0.4, 0.5) is 0 Å². The molecule has 1 atom stereocenters. The summed E-state index contributed by atoms with van der Waals surface area (Å²) < 4.78 is 0. The Morgan fingerprint density at radius 3 is 3.07 bits per heavy atom. The normalized spacial score (nSPS) is 13.1. The summed E-state index contributed by atoms with van der Waals surface area (Å²) in [5.74, 6) is 0.615. The second-order valence-electron chi connectivity index (χ2n) is 2.91. The summed E-state index contributed by atoms with van der Waals surface area (Å²) in [7, 11) is 0. The van der Waals surface area contributed by atoms with Crippen LogP contribution in [0.25, 0.3) is 0 Å². The first-order valence-corrected chi connectivity index (χ1v) is 4.33. The third-order valence-electron chi connectivity index (χ3n) is 1.79. The molecule has 4 nitrogen and oxygen atoms in total. The van der Waals surface area contributed by atoms with Crippen molar-refractivity contribution in [1.82, 2.24) is 10.3 Å². The molecule has 0 spiro atoms. The van der Waals surface area contributed by atoms with Crippen LogP contribution in [0.1, 0.15) is 25.5 Å². The van der Waals surface area contributed by atoms with Gasteiger partial charge >= 0.3 is 0 Å². The van der Waals surface area contributed by atoms with Gasteiger partial charge in [0.15, 0.2) is 6.19 Å². The molecule has 1 aromatic rings. The monoisotopic (exact) mass is 188 g/mol. The molecule has 0 bridgehead atoms. The SMILES string of the molecule is CC(=NC(C)c1cccnc1)NC#N. The van der Waals surface area contributed by atoms with Gasteiger partial charge in [-0.25, -0.2) is 0 Å². The number of aliphatic imine (C=N–C) groups is 1. The smallest absolute Gasteiger partial charge is 0.182 e. The van der Waals surface area contributed by atoms with Gasteiger partial charge in [0.25, 0.3) is 0 Å². The molecule has 1 unspecified atom stereocenters. The maximum absolute atomic E-state index is 8.37. The molecule has 1 aromatic heterocycles. The maximum atomic E-state index is 8.37. The number of nitrogens with zero attached hydrogens (tertiary/aromatic N) is 3. The first-order valence-electron chi connectivity index (χ1n) is 4.33. The minimum absolute atomic E-state index is 0.0181. The molecule has 0 saturated heterocycles. The Kier molecular flexibility index (Phi) is 3.62. The molecular formula is C10H12N4. The fraction of sp³-hybridized carbons (Fsp3) is 0.300. The van der Waals surface area contributed by atoms with Crippen LogP contribution in [0.3, 0.4) is 0 Å². The van der Waals surface area contributed by atoms with Gasteiger partial charge in [0.2, 0.25) is 0 Å². The molecule has 0 radical (unpaired) electrons. The predicted octanol–water partition coefficient (Wildman–Crippen LogP) is 1.63. The van der Waals surface area contributed by atoms with Gasteiger partial charge in [0, 0.05) is 12.4 Å². The quantitative estimate of drug-likeness (QED) is 0.332. The molecular weight excluding hydrogens is 176 g/mol. The number of pyridine rings is 1. The number of nitrogens with one attached hydrogen (secondary N) is 1.